The van der Waals surface area contributed by atoms with Crippen molar-refractivity contribution in [2.45, 2.75) is 6.04 Å². The number of hydrogen-bond donors (Lipinski definition) is 1. The number of nitrogens with one attached hydrogen (secondary N) is 1. The number of carbonyl (C=O) groups excluding carboxylic acids is 1. The highest BCUT2D eigenvalue weighted by Crippen LogP contribution is 2.27. The Morgan fingerprint density at radius 2 is 1.92 bits per heavy atom. The van der Waals surface area contributed by atoms with Crippen molar-refractivity contribution in [3.63, 3.8) is 0 Å². The first-order chi connectivity index (χ1) is 12.0. The summed E-state index contributed by atoms with van der Waals surface area (Å²) in [7, 11) is 1.82. The quantitative estimate of drug-likeness (QED) is 0.732. The predicted molar refractivity (Wildman–Crippen MR) is 95.4 cm³/mol. The summed E-state index contributed by atoms with van der Waals surface area (Å²) in [5, 5.41) is 3.37. The SMILES string of the molecule is Cn1ccnc1[C@@H](NC(=O)c1cccc(Cl)c1Cl)c1ccc(F)cc1. The number of hydrogen-bond acceptors (Lipinski definition) is 2. The maximum Gasteiger partial charge on any atom is 0.253 e. The first-order valence-electron chi connectivity index (χ1n) is 7.45. The fourth-order valence-corrected chi connectivity index (χ4v) is 2.88. The third-order valence-electron chi connectivity index (χ3n) is 3.79. The van der Waals surface area contributed by atoms with Gasteiger partial charge in [-0.25, -0.2) is 9.37 Å². The lowest BCUT2D eigenvalue weighted by Crippen LogP contribution is -2.31. The van der Waals surface area contributed by atoms with Crippen LogP contribution in [0.3, 0.4) is 0 Å². The molecule has 0 aliphatic rings. The van der Waals surface area contributed by atoms with Crippen molar-refractivity contribution < 1.29 is 9.18 Å². The molecular weight excluding hydrogens is 364 g/mol. The standard InChI is InChI=1S/C18H14Cl2FN3O/c1-24-10-9-22-17(24)16(11-5-7-12(21)8-6-11)23-18(25)13-3-2-4-14(19)15(13)20/h2-10,16H,1H3,(H,23,25)/t16-/m0/s1. The van der Waals surface area contributed by atoms with Gasteiger partial charge < -0.3 is 9.88 Å². The lowest BCUT2D eigenvalue weighted by molar-refractivity contribution is 0.0941. The van der Waals surface area contributed by atoms with Crippen LogP contribution in [-0.4, -0.2) is 15.5 Å². The zero-order valence-electron chi connectivity index (χ0n) is 13.2. The number of amides is 1. The molecule has 3 aromatic rings. The summed E-state index contributed by atoms with van der Waals surface area (Å²) in [6.07, 6.45) is 3.40. The third-order valence-corrected chi connectivity index (χ3v) is 4.61. The minimum Gasteiger partial charge on any atom is -0.338 e. The Labute approximate surface area is 154 Å². The molecule has 1 aromatic heterocycles. The van der Waals surface area contributed by atoms with Crippen LogP contribution in [0.4, 0.5) is 4.39 Å². The monoisotopic (exact) mass is 377 g/mol. The molecule has 128 valence electrons. The fraction of sp³-hybridized carbons (Fsp3) is 0.111. The van der Waals surface area contributed by atoms with Gasteiger partial charge in [-0.2, -0.15) is 0 Å². The number of rotatable bonds is 4. The van der Waals surface area contributed by atoms with Crippen molar-refractivity contribution in [3.05, 3.63) is 87.7 Å². The molecule has 0 fully saturated rings. The molecule has 0 unspecified atom stereocenters. The van der Waals surface area contributed by atoms with Gasteiger partial charge in [0.05, 0.1) is 15.6 Å². The first-order valence-corrected chi connectivity index (χ1v) is 8.20. The highest BCUT2D eigenvalue weighted by Gasteiger charge is 2.23. The molecular formula is C18H14Cl2FN3O. The number of imidazole rings is 1. The summed E-state index contributed by atoms with van der Waals surface area (Å²) in [6, 6.07) is 10.2. The van der Waals surface area contributed by atoms with Crippen molar-refractivity contribution >= 4 is 29.1 Å². The van der Waals surface area contributed by atoms with E-state index >= 15 is 0 Å². The van der Waals surface area contributed by atoms with Crippen molar-refractivity contribution in [1.82, 2.24) is 14.9 Å². The second-order valence-electron chi connectivity index (χ2n) is 5.46. The van der Waals surface area contributed by atoms with Crippen LogP contribution < -0.4 is 5.32 Å². The van der Waals surface area contributed by atoms with Gasteiger partial charge in [0.15, 0.2) is 0 Å². The second kappa shape index (κ2) is 7.25. The molecule has 0 aliphatic heterocycles. The number of nitrogens with zero attached hydrogens (tertiary/aromatic N) is 2. The van der Waals surface area contributed by atoms with Gasteiger partial charge in [0.1, 0.15) is 17.7 Å². The number of carbonyl (C=O) groups is 1. The fourth-order valence-electron chi connectivity index (χ4n) is 2.50. The third kappa shape index (κ3) is 3.67. The Morgan fingerprint density at radius 3 is 2.56 bits per heavy atom. The van der Waals surface area contributed by atoms with E-state index in [4.69, 9.17) is 23.2 Å². The van der Waals surface area contributed by atoms with Gasteiger partial charge in [-0.15, -0.1) is 0 Å². The van der Waals surface area contributed by atoms with E-state index in [-0.39, 0.29) is 16.4 Å². The molecule has 0 saturated heterocycles. The first kappa shape index (κ1) is 17.5. The lowest BCUT2D eigenvalue weighted by atomic mass is 10.1. The van der Waals surface area contributed by atoms with Gasteiger partial charge in [0, 0.05) is 19.4 Å². The van der Waals surface area contributed by atoms with Crippen LogP contribution in [0.5, 0.6) is 0 Å². The maximum atomic E-state index is 13.3. The molecule has 0 saturated carbocycles. The van der Waals surface area contributed by atoms with Crippen LogP contribution in [0.15, 0.2) is 54.9 Å². The normalized spacial score (nSPS) is 12.0. The van der Waals surface area contributed by atoms with Gasteiger partial charge in [-0.3, -0.25) is 4.79 Å². The van der Waals surface area contributed by atoms with E-state index in [1.165, 1.54) is 12.1 Å². The molecule has 1 N–H and O–H groups in total. The average Bonchev–Trinajstić information content (AvgIpc) is 3.02. The van der Waals surface area contributed by atoms with Gasteiger partial charge in [0.25, 0.3) is 5.91 Å². The zero-order valence-corrected chi connectivity index (χ0v) is 14.7. The largest absolute Gasteiger partial charge is 0.338 e. The molecule has 0 radical (unpaired) electrons. The maximum absolute atomic E-state index is 13.3. The summed E-state index contributed by atoms with van der Waals surface area (Å²) < 4.78 is 15.0. The van der Waals surface area contributed by atoms with Crippen molar-refractivity contribution in [3.8, 4) is 0 Å². The van der Waals surface area contributed by atoms with Crippen LogP contribution >= 0.6 is 23.2 Å². The van der Waals surface area contributed by atoms with Gasteiger partial charge in [-0.1, -0.05) is 41.4 Å². The molecule has 0 spiro atoms. The van der Waals surface area contributed by atoms with E-state index < -0.39 is 11.9 Å². The number of aryl methyl sites for hydroxylation is 1. The molecule has 1 amide bonds. The molecule has 25 heavy (non-hydrogen) atoms. The van der Waals surface area contributed by atoms with Crippen LogP contribution in [-0.2, 0) is 7.05 Å². The summed E-state index contributed by atoms with van der Waals surface area (Å²) in [4.78, 5) is 17.0. The van der Waals surface area contributed by atoms with Crippen LogP contribution in [0.25, 0.3) is 0 Å². The smallest absolute Gasteiger partial charge is 0.253 e. The predicted octanol–water partition coefficient (Wildman–Crippen LogP) is 4.39. The highest BCUT2D eigenvalue weighted by molar-refractivity contribution is 6.43. The Hall–Kier alpha value is -2.37. The molecule has 1 atom stereocenters. The van der Waals surface area contributed by atoms with Crippen LogP contribution in [0, 0.1) is 5.82 Å². The van der Waals surface area contributed by atoms with Crippen molar-refractivity contribution in [2.75, 3.05) is 0 Å². The van der Waals surface area contributed by atoms with E-state index in [2.05, 4.69) is 10.3 Å². The number of benzene rings is 2. The van der Waals surface area contributed by atoms with Crippen molar-refractivity contribution in [2.24, 2.45) is 7.05 Å². The Bertz CT molecular complexity index is 909. The van der Waals surface area contributed by atoms with Gasteiger partial charge in [0.2, 0.25) is 0 Å². The molecule has 7 heteroatoms. The van der Waals surface area contributed by atoms with E-state index in [1.807, 2.05) is 7.05 Å². The number of aromatic nitrogens is 2. The Morgan fingerprint density at radius 1 is 1.20 bits per heavy atom. The molecule has 4 nitrogen and oxygen atoms in total. The lowest BCUT2D eigenvalue weighted by Gasteiger charge is -2.19. The van der Waals surface area contributed by atoms with E-state index in [0.29, 0.717) is 16.4 Å². The molecule has 1 heterocycles. The molecule has 0 aliphatic carbocycles. The topological polar surface area (TPSA) is 46.9 Å². The van der Waals surface area contributed by atoms with E-state index in [0.717, 1.165) is 0 Å². The van der Waals surface area contributed by atoms with E-state index in [9.17, 15) is 9.18 Å². The Balaban J connectivity index is 1.98. The van der Waals surface area contributed by atoms with E-state index in [1.54, 1.807) is 47.3 Å². The molecule has 2 aromatic carbocycles. The highest BCUT2D eigenvalue weighted by atomic mass is 35.5. The van der Waals surface area contributed by atoms with Gasteiger partial charge >= 0.3 is 0 Å². The summed E-state index contributed by atoms with van der Waals surface area (Å²) in [5.74, 6) is -0.144. The Kier molecular flexibility index (Phi) is 5.06. The summed E-state index contributed by atoms with van der Waals surface area (Å²) in [5.41, 5.74) is 0.956. The number of halogens is 3. The minimum atomic E-state index is -0.567. The summed E-state index contributed by atoms with van der Waals surface area (Å²) >= 11 is 12.1. The average molecular weight is 378 g/mol. The molecule has 3 rings (SSSR count). The van der Waals surface area contributed by atoms with Crippen LogP contribution in [0.1, 0.15) is 27.8 Å². The van der Waals surface area contributed by atoms with Crippen molar-refractivity contribution in [1.29, 1.82) is 0 Å². The molecule has 0 bridgehead atoms. The summed E-state index contributed by atoms with van der Waals surface area (Å²) in [6.45, 7) is 0. The second-order valence-corrected chi connectivity index (χ2v) is 6.24. The minimum absolute atomic E-state index is 0.180. The van der Waals surface area contributed by atoms with Gasteiger partial charge in [-0.05, 0) is 29.8 Å². The zero-order chi connectivity index (χ0) is 18.0. The van der Waals surface area contributed by atoms with Crippen LogP contribution in [0.2, 0.25) is 10.0 Å².